The summed E-state index contributed by atoms with van der Waals surface area (Å²) in [6.45, 7) is 4.68. The Labute approximate surface area is 165 Å². The van der Waals surface area contributed by atoms with Crippen molar-refractivity contribution in [3.8, 4) is 6.07 Å². The van der Waals surface area contributed by atoms with Gasteiger partial charge in [-0.3, -0.25) is 4.79 Å². The minimum atomic E-state index is -0.0546. The van der Waals surface area contributed by atoms with E-state index >= 15 is 0 Å². The highest BCUT2D eigenvalue weighted by Crippen LogP contribution is 2.31. The van der Waals surface area contributed by atoms with Crippen molar-refractivity contribution in [1.29, 1.82) is 5.26 Å². The first kappa shape index (κ1) is 18.3. The number of carbonyl (C=O) groups is 1. The van der Waals surface area contributed by atoms with Crippen molar-refractivity contribution in [3.63, 3.8) is 0 Å². The smallest absolute Gasteiger partial charge is 0.254 e. The van der Waals surface area contributed by atoms with E-state index in [-0.39, 0.29) is 11.9 Å². The van der Waals surface area contributed by atoms with Gasteiger partial charge in [0, 0.05) is 28.7 Å². The molecule has 0 bridgehead atoms. The van der Waals surface area contributed by atoms with Gasteiger partial charge in [0.1, 0.15) is 0 Å². The molecule has 1 aliphatic rings. The lowest BCUT2D eigenvalue weighted by Gasteiger charge is -2.28. The van der Waals surface area contributed by atoms with Gasteiger partial charge in [-0.05, 0) is 81.0 Å². The highest BCUT2D eigenvalue weighted by Gasteiger charge is 2.23. The van der Waals surface area contributed by atoms with E-state index in [1.54, 1.807) is 0 Å². The molecule has 3 aromatic rings. The van der Waals surface area contributed by atoms with Gasteiger partial charge in [0.15, 0.2) is 0 Å². The lowest BCUT2D eigenvalue weighted by molar-refractivity contribution is 0.0702. The molecule has 28 heavy (non-hydrogen) atoms. The Hall–Kier alpha value is -3.06. The third-order valence-electron chi connectivity index (χ3n) is 5.94. The third-order valence-corrected chi connectivity index (χ3v) is 5.94. The van der Waals surface area contributed by atoms with Gasteiger partial charge >= 0.3 is 0 Å². The van der Waals surface area contributed by atoms with E-state index in [4.69, 9.17) is 5.26 Å². The predicted molar refractivity (Wildman–Crippen MR) is 111 cm³/mol. The van der Waals surface area contributed by atoms with Gasteiger partial charge in [-0.25, -0.2) is 0 Å². The number of nitrogens with one attached hydrogen (secondary N) is 1. The van der Waals surface area contributed by atoms with E-state index in [1.165, 1.54) is 29.5 Å². The fraction of sp³-hybridized carbons (Fsp3) is 0.333. The van der Waals surface area contributed by atoms with Crippen LogP contribution in [0.2, 0.25) is 0 Å². The predicted octanol–water partition coefficient (Wildman–Crippen LogP) is 5.14. The van der Waals surface area contributed by atoms with Crippen LogP contribution < -0.4 is 0 Å². The molecule has 0 fully saturated rings. The quantitative estimate of drug-likeness (QED) is 0.690. The summed E-state index contributed by atoms with van der Waals surface area (Å²) in [5, 5.41) is 10.2. The van der Waals surface area contributed by atoms with E-state index in [0.29, 0.717) is 12.1 Å². The lowest BCUT2D eigenvalue weighted by atomic mass is 9.95. The minimum Gasteiger partial charge on any atom is -0.358 e. The summed E-state index contributed by atoms with van der Waals surface area (Å²) >= 11 is 0. The number of hydrogen-bond donors (Lipinski definition) is 1. The standard InChI is InChI=1S/C24H25N3O/c1-3-27(16(2)18-10-8-17(15-25)9-11-18)24(28)19-12-13-23-21(14-19)20-6-4-5-7-22(20)26-23/h8-14,16,26H,3-7H2,1-2H3. The second-order valence-corrected chi connectivity index (χ2v) is 7.55. The van der Waals surface area contributed by atoms with Crippen LogP contribution in [-0.4, -0.2) is 22.3 Å². The Morgan fingerprint density at radius 3 is 2.64 bits per heavy atom. The molecule has 1 unspecified atom stereocenters. The molecule has 0 saturated carbocycles. The second-order valence-electron chi connectivity index (χ2n) is 7.55. The molecule has 1 N–H and O–H groups in total. The third kappa shape index (κ3) is 3.18. The van der Waals surface area contributed by atoms with Crippen LogP contribution in [0.1, 0.15) is 65.5 Å². The number of rotatable bonds is 4. The number of hydrogen-bond acceptors (Lipinski definition) is 2. The molecular weight excluding hydrogens is 346 g/mol. The molecule has 2 aromatic carbocycles. The molecule has 142 valence electrons. The summed E-state index contributed by atoms with van der Waals surface area (Å²) in [5.74, 6) is 0.0482. The number of nitrogens with zero attached hydrogens (tertiary/aromatic N) is 2. The van der Waals surface area contributed by atoms with Gasteiger partial charge in [0.25, 0.3) is 5.91 Å². The maximum atomic E-state index is 13.3. The average molecular weight is 371 g/mol. The van der Waals surface area contributed by atoms with Crippen LogP contribution in [0.4, 0.5) is 0 Å². The zero-order chi connectivity index (χ0) is 19.7. The lowest BCUT2D eigenvalue weighted by Crippen LogP contribution is -2.33. The number of aromatic nitrogens is 1. The van der Waals surface area contributed by atoms with Crippen LogP contribution in [0.25, 0.3) is 10.9 Å². The van der Waals surface area contributed by atoms with E-state index < -0.39 is 0 Å². The van der Waals surface area contributed by atoms with Crippen LogP contribution in [0.5, 0.6) is 0 Å². The van der Waals surface area contributed by atoms with E-state index in [1.807, 2.05) is 55.1 Å². The first-order valence-electron chi connectivity index (χ1n) is 10.1. The molecule has 0 spiro atoms. The number of H-pyrrole nitrogens is 1. The molecule has 1 heterocycles. The number of benzene rings is 2. The Morgan fingerprint density at radius 2 is 1.93 bits per heavy atom. The van der Waals surface area contributed by atoms with Gasteiger partial charge in [-0.2, -0.15) is 5.26 Å². The van der Waals surface area contributed by atoms with E-state index in [0.717, 1.165) is 29.5 Å². The van der Waals surface area contributed by atoms with Crippen LogP contribution in [0.3, 0.4) is 0 Å². The van der Waals surface area contributed by atoms with Crippen molar-refractivity contribution in [1.82, 2.24) is 9.88 Å². The maximum Gasteiger partial charge on any atom is 0.254 e. The van der Waals surface area contributed by atoms with Gasteiger partial charge in [0.2, 0.25) is 0 Å². The number of fused-ring (bicyclic) bond motifs is 3. The van der Waals surface area contributed by atoms with Gasteiger partial charge in [0.05, 0.1) is 17.7 Å². The fourth-order valence-corrected chi connectivity index (χ4v) is 4.31. The molecular formula is C24H25N3O. The number of amides is 1. The summed E-state index contributed by atoms with van der Waals surface area (Å²) in [6.07, 6.45) is 4.64. The Morgan fingerprint density at radius 1 is 1.18 bits per heavy atom. The monoisotopic (exact) mass is 371 g/mol. The van der Waals surface area contributed by atoms with Crippen LogP contribution >= 0.6 is 0 Å². The van der Waals surface area contributed by atoms with Crippen molar-refractivity contribution in [2.24, 2.45) is 0 Å². The minimum absolute atomic E-state index is 0.0482. The summed E-state index contributed by atoms with van der Waals surface area (Å²) in [6, 6.07) is 15.6. The first-order chi connectivity index (χ1) is 13.6. The number of nitriles is 1. The van der Waals surface area contributed by atoms with Crippen LogP contribution in [0.15, 0.2) is 42.5 Å². The highest BCUT2D eigenvalue weighted by molar-refractivity contribution is 5.99. The van der Waals surface area contributed by atoms with Crippen LogP contribution in [-0.2, 0) is 12.8 Å². The maximum absolute atomic E-state index is 13.3. The largest absolute Gasteiger partial charge is 0.358 e. The molecule has 0 saturated heterocycles. The molecule has 1 aromatic heterocycles. The summed E-state index contributed by atoms with van der Waals surface area (Å²) < 4.78 is 0. The summed E-state index contributed by atoms with van der Waals surface area (Å²) in [5.41, 5.74) is 6.26. The van der Waals surface area contributed by atoms with Crippen molar-refractivity contribution in [2.75, 3.05) is 6.54 Å². The van der Waals surface area contributed by atoms with Crippen molar-refractivity contribution in [3.05, 3.63) is 70.4 Å². The van der Waals surface area contributed by atoms with Crippen LogP contribution in [0, 0.1) is 11.3 Å². The summed E-state index contributed by atoms with van der Waals surface area (Å²) in [7, 11) is 0. The zero-order valence-corrected chi connectivity index (χ0v) is 16.5. The SMILES string of the molecule is CCN(C(=O)c1ccc2[nH]c3c(c2c1)CCCC3)C(C)c1ccc(C#N)cc1. The normalized spacial score (nSPS) is 14.3. The Kier molecular flexibility index (Phi) is 4.92. The average Bonchev–Trinajstić information content (AvgIpc) is 3.12. The number of aryl methyl sites for hydroxylation is 2. The van der Waals surface area contributed by atoms with Crippen molar-refractivity contribution >= 4 is 16.8 Å². The van der Waals surface area contributed by atoms with Crippen molar-refractivity contribution in [2.45, 2.75) is 45.6 Å². The number of carbonyl (C=O) groups excluding carboxylic acids is 1. The Balaban J connectivity index is 1.65. The molecule has 4 nitrogen and oxygen atoms in total. The highest BCUT2D eigenvalue weighted by atomic mass is 16.2. The topological polar surface area (TPSA) is 59.9 Å². The van der Waals surface area contributed by atoms with Gasteiger partial charge in [-0.15, -0.1) is 0 Å². The molecule has 1 amide bonds. The van der Waals surface area contributed by atoms with E-state index in [9.17, 15) is 4.79 Å². The molecule has 4 rings (SSSR count). The first-order valence-corrected chi connectivity index (χ1v) is 10.1. The molecule has 1 aliphatic carbocycles. The fourth-order valence-electron chi connectivity index (χ4n) is 4.31. The van der Waals surface area contributed by atoms with Gasteiger partial charge in [-0.1, -0.05) is 12.1 Å². The van der Waals surface area contributed by atoms with E-state index in [2.05, 4.69) is 17.1 Å². The number of aromatic amines is 1. The Bertz CT molecular complexity index is 1060. The molecule has 4 heteroatoms. The second kappa shape index (κ2) is 7.52. The molecule has 0 radical (unpaired) electrons. The summed E-state index contributed by atoms with van der Waals surface area (Å²) in [4.78, 5) is 18.7. The molecule has 1 atom stereocenters. The molecule has 0 aliphatic heterocycles. The van der Waals surface area contributed by atoms with Gasteiger partial charge < -0.3 is 9.88 Å². The van der Waals surface area contributed by atoms with Crippen molar-refractivity contribution < 1.29 is 4.79 Å². The zero-order valence-electron chi connectivity index (χ0n) is 16.5.